The number of rotatable bonds is 4. The molecule has 22 heavy (non-hydrogen) atoms. The maximum atomic E-state index is 12.0. The van der Waals surface area contributed by atoms with Gasteiger partial charge in [-0.05, 0) is 55.0 Å². The van der Waals surface area contributed by atoms with Crippen molar-refractivity contribution in [1.29, 1.82) is 0 Å². The summed E-state index contributed by atoms with van der Waals surface area (Å²) in [6, 6.07) is 3.94. The van der Waals surface area contributed by atoms with E-state index in [4.69, 9.17) is 28.9 Å². The monoisotopic (exact) mass is 337 g/mol. The van der Waals surface area contributed by atoms with Crippen LogP contribution in [0.15, 0.2) is 18.2 Å². The zero-order valence-corrected chi connectivity index (χ0v) is 14.3. The Bertz CT molecular complexity index is 653. The van der Waals surface area contributed by atoms with Gasteiger partial charge in [0.05, 0.1) is 10.0 Å². The average molecular weight is 338 g/mol. The molecule has 0 aliphatic heterocycles. The molecule has 0 bridgehead atoms. The Hall–Kier alpha value is -0.830. The molecule has 0 heterocycles. The van der Waals surface area contributed by atoms with Crippen LogP contribution < -0.4 is 5.73 Å². The Morgan fingerprint density at radius 2 is 2.14 bits per heavy atom. The van der Waals surface area contributed by atoms with Crippen molar-refractivity contribution in [3.8, 4) is 0 Å². The van der Waals surface area contributed by atoms with Crippen LogP contribution in [0.5, 0.6) is 0 Å². The van der Waals surface area contributed by atoms with Gasteiger partial charge in [-0.25, -0.2) is 0 Å². The lowest BCUT2D eigenvalue weighted by molar-refractivity contribution is -0.115. The van der Waals surface area contributed by atoms with E-state index in [1.54, 1.807) is 0 Å². The number of ketones is 1. The van der Waals surface area contributed by atoms with Crippen LogP contribution in [0.2, 0.25) is 10.0 Å². The highest BCUT2D eigenvalue weighted by Crippen LogP contribution is 2.64. The number of nitrogens with two attached hydrogens (primary N) is 1. The molecule has 0 fully saturated rings. The van der Waals surface area contributed by atoms with Crippen molar-refractivity contribution >= 4 is 34.6 Å². The minimum atomic E-state index is -0.00130. The van der Waals surface area contributed by atoms with Gasteiger partial charge in [-0.3, -0.25) is 4.79 Å². The molecule has 2 N–H and O–H groups in total. The second-order valence-corrected chi connectivity index (χ2v) is 7.17. The van der Waals surface area contributed by atoms with Crippen molar-refractivity contribution in [2.75, 3.05) is 6.54 Å². The van der Waals surface area contributed by atoms with Crippen molar-refractivity contribution < 1.29 is 4.79 Å². The molecule has 0 aromatic heterocycles. The Labute approximate surface area is 141 Å². The molecule has 4 heteroatoms. The highest BCUT2D eigenvalue weighted by atomic mass is 35.5. The summed E-state index contributed by atoms with van der Waals surface area (Å²) in [5.74, 6) is 0.527. The lowest BCUT2D eigenvalue weighted by atomic mass is 9.64. The molecule has 1 aromatic carbocycles. The number of benzene rings is 1. The van der Waals surface area contributed by atoms with Crippen LogP contribution in [0.25, 0.3) is 5.57 Å². The highest BCUT2D eigenvalue weighted by Gasteiger charge is 2.51. The first-order chi connectivity index (χ1) is 10.5. The van der Waals surface area contributed by atoms with Gasteiger partial charge in [0.15, 0.2) is 5.78 Å². The van der Waals surface area contributed by atoms with Gasteiger partial charge in [0.2, 0.25) is 0 Å². The van der Waals surface area contributed by atoms with E-state index in [-0.39, 0.29) is 11.2 Å². The average Bonchev–Trinajstić information content (AvgIpc) is 2.75. The molecule has 118 valence electrons. The van der Waals surface area contributed by atoms with Crippen LogP contribution >= 0.6 is 23.2 Å². The van der Waals surface area contributed by atoms with Gasteiger partial charge < -0.3 is 5.73 Å². The van der Waals surface area contributed by atoms with Gasteiger partial charge >= 0.3 is 0 Å². The third kappa shape index (κ3) is 2.24. The largest absolute Gasteiger partial charge is 0.330 e. The normalized spacial score (nSPS) is 26.6. The van der Waals surface area contributed by atoms with Crippen LogP contribution in [-0.2, 0) is 4.79 Å². The summed E-state index contributed by atoms with van der Waals surface area (Å²) < 4.78 is 0. The summed E-state index contributed by atoms with van der Waals surface area (Å²) in [7, 11) is 0. The minimum absolute atomic E-state index is 0.00130. The third-order valence-corrected chi connectivity index (χ3v) is 6.05. The highest BCUT2D eigenvalue weighted by molar-refractivity contribution is 6.43. The van der Waals surface area contributed by atoms with Crippen LogP contribution in [0, 0.1) is 5.41 Å². The number of hydrogen-bond donors (Lipinski definition) is 1. The zero-order valence-electron chi connectivity index (χ0n) is 12.8. The second kappa shape index (κ2) is 5.99. The van der Waals surface area contributed by atoms with Gasteiger partial charge in [-0.2, -0.15) is 0 Å². The van der Waals surface area contributed by atoms with Crippen molar-refractivity contribution in [2.24, 2.45) is 11.1 Å². The Morgan fingerprint density at radius 1 is 1.36 bits per heavy atom. The summed E-state index contributed by atoms with van der Waals surface area (Å²) in [6.07, 6.45) is 6.36. The fraction of sp³-hybridized carbons (Fsp3) is 0.500. The summed E-state index contributed by atoms with van der Waals surface area (Å²) in [5.41, 5.74) is 9.21. The molecule has 0 saturated carbocycles. The van der Waals surface area contributed by atoms with Crippen molar-refractivity contribution in [3.05, 3.63) is 39.4 Å². The molecule has 0 amide bonds. The molecule has 0 saturated heterocycles. The molecule has 2 atom stereocenters. The van der Waals surface area contributed by atoms with Gasteiger partial charge in [0, 0.05) is 17.4 Å². The van der Waals surface area contributed by atoms with E-state index in [0.29, 0.717) is 28.9 Å². The summed E-state index contributed by atoms with van der Waals surface area (Å²) >= 11 is 12.8. The first kappa shape index (κ1) is 16.0. The zero-order chi connectivity index (χ0) is 15.9. The maximum Gasteiger partial charge on any atom is 0.156 e. The fourth-order valence-electron chi connectivity index (χ4n) is 4.45. The molecule has 2 aliphatic rings. The molecule has 0 radical (unpaired) electrons. The molecule has 1 aromatic rings. The predicted octanol–water partition coefficient (Wildman–Crippen LogP) is 4.97. The lowest BCUT2D eigenvalue weighted by Crippen LogP contribution is -2.30. The third-order valence-electron chi connectivity index (χ3n) is 5.25. The fourth-order valence-corrected chi connectivity index (χ4v) is 4.88. The molecular formula is C18H21Cl2NO. The second-order valence-electron chi connectivity index (χ2n) is 6.39. The molecule has 2 nitrogen and oxygen atoms in total. The molecule has 1 unspecified atom stereocenters. The van der Waals surface area contributed by atoms with Crippen molar-refractivity contribution in [1.82, 2.24) is 0 Å². The van der Waals surface area contributed by atoms with Crippen LogP contribution in [0.4, 0.5) is 0 Å². The Balaban J connectivity index is 2.27. The van der Waals surface area contributed by atoms with Crippen LogP contribution in [0.1, 0.15) is 56.1 Å². The Morgan fingerprint density at radius 3 is 2.82 bits per heavy atom. The van der Waals surface area contributed by atoms with Gasteiger partial charge in [0.25, 0.3) is 0 Å². The van der Waals surface area contributed by atoms with E-state index >= 15 is 0 Å². The van der Waals surface area contributed by atoms with Gasteiger partial charge in [-0.1, -0.05) is 42.6 Å². The number of carbonyl (C=O) groups excluding carboxylic acids is 1. The van der Waals surface area contributed by atoms with E-state index in [9.17, 15) is 4.79 Å². The number of fused-ring (bicyclic) bond motifs is 3. The van der Waals surface area contributed by atoms with E-state index in [2.05, 4.69) is 13.0 Å². The minimum Gasteiger partial charge on any atom is -0.330 e. The summed E-state index contributed by atoms with van der Waals surface area (Å²) in [4.78, 5) is 12.0. The topological polar surface area (TPSA) is 43.1 Å². The van der Waals surface area contributed by atoms with Gasteiger partial charge in [0.1, 0.15) is 0 Å². The van der Waals surface area contributed by atoms with Crippen LogP contribution in [-0.4, -0.2) is 12.3 Å². The molecule has 3 rings (SSSR count). The number of carbonyl (C=O) groups is 1. The first-order valence-corrected chi connectivity index (χ1v) is 8.74. The maximum absolute atomic E-state index is 12.0. The van der Waals surface area contributed by atoms with Crippen molar-refractivity contribution in [3.63, 3.8) is 0 Å². The van der Waals surface area contributed by atoms with Crippen LogP contribution in [0.3, 0.4) is 0 Å². The standard InChI is InChI=1S/C18H21Cl2NO/c1-2-7-18-8-5-11(22)10-14(18)16-12(13(18)6-9-21)3-4-15(19)17(16)20/h3-4,10,13H,2,5-9,21H2,1H3/t13?,18-/m1/s1. The number of hydrogen-bond acceptors (Lipinski definition) is 2. The summed E-state index contributed by atoms with van der Waals surface area (Å²) in [6.45, 7) is 2.83. The van der Waals surface area contributed by atoms with E-state index in [0.717, 1.165) is 36.8 Å². The molecule has 0 spiro atoms. The Kier molecular flexibility index (Phi) is 4.37. The smallest absolute Gasteiger partial charge is 0.156 e. The quantitative estimate of drug-likeness (QED) is 0.842. The molecule has 2 aliphatic carbocycles. The number of halogens is 2. The van der Waals surface area contributed by atoms with Crippen molar-refractivity contribution in [2.45, 2.75) is 44.9 Å². The van der Waals surface area contributed by atoms with Gasteiger partial charge in [-0.15, -0.1) is 0 Å². The lowest BCUT2D eigenvalue weighted by Gasteiger charge is -2.39. The van der Waals surface area contributed by atoms with E-state index in [1.165, 1.54) is 5.56 Å². The summed E-state index contributed by atoms with van der Waals surface area (Å²) in [5, 5.41) is 1.14. The predicted molar refractivity (Wildman–Crippen MR) is 92.4 cm³/mol. The SMILES string of the molecule is CCC[C@]12CCC(=O)C=C1c1c(ccc(Cl)c1Cl)C2CCN. The van der Waals surface area contributed by atoms with E-state index in [1.807, 2.05) is 12.1 Å². The van der Waals surface area contributed by atoms with E-state index < -0.39 is 0 Å². The first-order valence-electron chi connectivity index (χ1n) is 7.98. The molecular weight excluding hydrogens is 317 g/mol. The number of allylic oxidation sites excluding steroid dienone is 2.